The van der Waals surface area contributed by atoms with Crippen LogP contribution in [0.1, 0.15) is 18.2 Å². The van der Waals surface area contributed by atoms with E-state index in [1.165, 1.54) is 5.56 Å². The predicted molar refractivity (Wildman–Crippen MR) is 105 cm³/mol. The molecule has 1 unspecified atom stereocenters. The first-order valence-corrected chi connectivity index (χ1v) is 8.81. The summed E-state index contributed by atoms with van der Waals surface area (Å²) < 4.78 is 2.05. The molecule has 1 fully saturated rings. The third-order valence-corrected chi connectivity index (χ3v) is 4.90. The van der Waals surface area contributed by atoms with Gasteiger partial charge in [-0.1, -0.05) is 6.07 Å². The molecule has 1 aliphatic rings. The molecular formula is C16H24Cl2N4OS. The van der Waals surface area contributed by atoms with Gasteiger partial charge in [0.15, 0.2) is 0 Å². The minimum Gasteiger partial charge on any atom is -0.337 e. The highest BCUT2D eigenvalue weighted by molar-refractivity contribution is 7.99. The molecule has 24 heavy (non-hydrogen) atoms. The highest BCUT2D eigenvalue weighted by Crippen LogP contribution is 2.15. The zero-order valence-electron chi connectivity index (χ0n) is 13.9. The molecule has 3 rings (SSSR count). The van der Waals surface area contributed by atoms with E-state index in [0.717, 1.165) is 36.7 Å². The lowest BCUT2D eigenvalue weighted by atomic mass is 10.2. The van der Waals surface area contributed by atoms with Crippen LogP contribution in [0.15, 0.2) is 24.5 Å². The summed E-state index contributed by atoms with van der Waals surface area (Å²) in [6.45, 7) is 6.77. The molecule has 1 amide bonds. The third-order valence-electron chi connectivity index (χ3n) is 3.95. The summed E-state index contributed by atoms with van der Waals surface area (Å²) in [6.07, 6.45) is 4.12. The number of aromatic nitrogens is 2. The number of pyridine rings is 1. The van der Waals surface area contributed by atoms with Crippen molar-refractivity contribution < 1.29 is 4.79 Å². The summed E-state index contributed by atoms with van der Waals surface area (Å²) in [5.41, 5.74) is 3.20. The smallest absolute Gasteiger partial charge is 0.232 e. The molecule has 1 N–H and O–H groups in total. The highest BCUT2D eigenvalue weighted by Gasteiger charge is 2.22. The topological polar surface area (TPSA) is 49.6 Å². The van der Waals surface area contributed by atoms with Crippen molar-refractivity contribution in [2.75, 3.05) is 25.4 Å². The number of thioether (sulfide) groups is 1. The lowest BCUT2D eigenvalue weighted by Gasteiger charge is -2.33. The van der Waals surface area contributed by atoms with Crippen LogP contribution in [0, 0.1) is 6.92 Å². The molecule has 0 aliphatic carbocycles. The van der Waals surface area contributed by atoms with Crippen LogP contribution in [0.25, 0.3) is 5.65 Å². The molecule has 0 bridgehead atoms. The van der Waals surface area contributed by atoms with Gasteiger partial charge >= 0.3 is 0 Å². The van der Waals surface area contributed by atoms with Gasteiger partial charge in [-0.25, -0.2) is 4.98 Å². The van der Waals surface area contributed by atoms with Crippen molar-refractivity contribution in [3.8, 4) is 0 Å². The first-order chi connectivity index (χ1) is 10.6. The number of imidazole rings is 1. The van der Waals surface area contributed by atoms with E-state index in [1.807, 2.05) is 21.6 Å². The lowest BCUT2D eigenvalue weighted by molar-refractivity contribution is -0.131. The fourth-order valence-corrected chi connectivity index (χ4v) is 3.55. The van der Waals surface area contributed by atoms with Gasteiger partial charge in [0.2, 0.25) is 5.91 Å². The van der Waals surface area contributed by atoms with Crippen molar-refractivity contribution in [3.05, 3.63) is 35.8 Å². The Kier molecular flexibility index (Phi) is 8.36. The van der Waals surface area contributed by atoms with E-state index in [4.69, 9.17) is 0 Å². The second-order valence-corrected chi connectivity index (χ2v) is 6.82. The molecule has 8 heteroatoms. The quantitative estimate of drug-likeness (QED) is 0.871. The number of aryl methyl sites for hydroxylation is 1. The fraction of sp³-hybridized carbons (Fsp3) is 0.500. The molecule has 5 nitrogen and oxygen atoms in total. The number of nitrogens with zero attached hydrogens (tertiary/aromatic N) is 3. The zero-order chi connectivity index (χ0) is 15.5. The van der Waals surface area contributed by atoms with Crippen LogP contribution in [0.4, 0.5) is 0 Å². The van der Waals surface area contributed by atoms with Gasteiger partial charge in [-0.05, 0) is 25.5 Å². The largest absolute Gasteiger partial charge is 0.337 e. The first-order valence-electron chi connectivity index (χ1n) is 7.65. The summed E-state index contributed by atoms with van der Waals surface area (Å²) >= 11 is 1.64. The summed E-state index contributed by atoms with van der Waals surface area (Å²) in [5.74, 6) is 1.53. The Balaban J connectivity index is 0.00000144. The Labute approximate surface area is 159 Å². The molecule has 1 atom stereocenters. The van der Waals surface area contributed by atoms with E-state index >= 15 is 0 Å². The molecule has 2 aromatic heterocycles. The average Bonchev–Trinajstić information content (AvgIpc) is 2.89. The number of hydrogen-bond donors (Lipinski definition) is 1. The number of carbonyl (C=O) groups is 1. The molecule has 1 aliphatic heterocycles. The Hall–Kier alpha value is -0.950. The van der Waals surface area contributed by atoms with Gasteiger partial charge in [0.05, 0.1) is 11.4 Å². The number of rotatable bonds is 4. The molecule has 0 saturated carbocycles. The number of piperazine rings is 1. The first kappa shape index (κ1) is 21.1. The number of nitrogens with one attached hydrogen (secondary N) is 1. The van der Waals surface area contributed by atoms with Crippen molar-refractivity contribution in [1.29, 1.82) is 0 Å². The van der Waals surface area contributed by atoms with Crippen LogP contribution >= 0.6 is 36.6 Å². The maximum atomic E-state index is 12.3. The van der Waals surface area contributed by atoms with Crippen molar-refractivity contribution in [3.63, 3.8) is 0 Å². The van der Waals surface area contributed by atoms with E-state index in [9.17, 15) is 4.79 Å². The van der Waals surface area contributed by atoms with E-state index in [0.29, 0.717) is 11.8 Å². The van der Waals surface area contributed by atoms with Gasteiger partial charge in [0.1, 0.15) is 5.65 Å². The molecule has 134 valence electrons. The van der Waals surface area contributed by atoms with Gasteiger partial charge in [0.25, 0.3) is 0 Å². The highest BCUT2D eigenvalue weighted by atomic mass is 35.5. The van der Waals surface area contributed by atoms with E-state index in [1.54, 1.807) is 11.8 Å². The van der Waals surface area contributed by atoms with Crippen molar-refractivity contribution in [2.24, 2.45) is 0 Å². The SMILES string of the molecule is Cc1ccc2nc(CSCC(=O)N3CCNCC3C)cn2c1.Cl.Cl. The maximum Gasteiger partial charge on any atom is 0.232 e. The summed E-state index contributed by atoms with van der Waals surface area (Å²) in [7, 11) is 0. The van der Waals surface area contributed by atoms with Crippen LogP contribution in [0.2, 0.25) is 0 Å². The average molecular weight is 391 g/mol. The Morgan fingerprint density at radius 1 is 1.38 bits per heavy atom. The van der Waals surface area contributed by atoms with Crippen LogP contribution in [0.3, 0.4) is 0 Å². The third kappa shape index (κ3) is 5.02. The van der Waals surface area contributed by atoms with Crippen LogP contribution in [-0.4, -0.2) is 51.6 Å². The van der Waals surface area contributed by atoms with Crippen molar-refractivity contribution >= 4 is 48.1 Å². The van der Waals surface area contributed by atoms with Gasteiger partial charge in [-0.2, -0.15) is 0 Å². The maximum absolute atomic E-state index is 12.3. The minimum absolute atomic E-state index is 0. The van der Waals surface area contributed by atoms with Crippen LogP contribution in [0.5, 0.6) is 0 Å². The van der Waals surface area contributed by atoms with Crippen LogP contribution < -0.4 is 5.32 Å². The Morgan fingerprint density at radius 3 is 2.92 bits per heavy atom. The zero-order valence-corrected chi connectivity index (χ0v) is 16.3. The molecule has 0 radical (unpaired) electrons. The van der Waals surface area contributed by atoms with E-state index in [-0.39, 0.29) is 30.7 Å². The number of amides is 1. The van der Waals surface area contributed by atoms with E-state index < -0.39 is 0 Å². The molecule has 1 saturated heterocycles. The summed E-state index contributed by atoms with van der Waals surface area (Å²) in [5, 5.41) is 3.31. The Morgan fingerprint density at radius 2 is 2.17 bits per heavy atom. The summed E-state index contributed by atoms with van der Waals surface area (Å²) in [6, 6.07) is 4.38. The van der Waals surface area contributed by atoms with Crippen molar-refractivity contribution in [2.45, 2.75) is 25.6 Å². The molecule has 0 spiro atoms. The van der Waals surface area contributed by atoms with Crippen LogP contribution in [-0.2, 0) is 10.5 Å². The standard InChI is InChI=1S/C16H22N4OS.2ClH/c1-12-3-4-15-18-14(9-19(15)8-12)10-22-11-16(21)20-6-5-17-7-13(20)2;;/h3-4,8-9,13,17H,5-7,10-11H2,1-2H3;2*1H. The Bertz CT molecular complexity index is 679. The fourth-order valence-electron chi connectivity index (χ4n) is 2.76. The van der Waals surface area contributed by atoms with Crippen molar-refractivity contribution in [1.82, 2.24) is 19.6 Å². The normalized spacial score (nSPS) is 17.2. The number of hydrogen-bond acceptors (Lipinski definition) is 4. The van der Waals surface area contributed by atoms with Gasteiger partial charge < -0.3 is 14.6 Å². The number of carbonyl (C=O) groups excluding carboxylic acids is 1. The molecule has 3 heterocycles. The minimum atomic E-state index is 0. The second-order valence-electron chi connectivity index (χ2n) is 5.84. The molecule has 0 aromatic carbocycles. The summed E-state index contributed by atoms with van der Waals surface area (Å²) in [4.78, 5) is 18.8. The number of halogens is 2. The molecular weight excluding hydrogens is 367 g/mol. The predicted octanol–water partition coefficient (Wildman–Crippen LogP) is 2.54. The molecule has 2 aromatic rings. The van der Waals surface area contributed by atoms with Gasteiger partial charge in [-0.15, -0.1) is 36.6 Å². The number of fused-ring (bicyclic) bond motifs is 1. The second kappa shape index (κ2) is 9.51. The van der Waals surface area contributed by atoms with Gasteiger partial charge in [0, 0.05) is 43.8 Å². The lowest BCUT2D eigenvalue weighted by Crippen LogP contribution is -2.52. The van der Waals surface area contributed by atoms with E-state index in [2.05, 4.69) is 36.4 Å². The van der Waals surface area contributed by atoms with Gasteiger partial charge in [-0.3, -0.25) is 4.79 Å². The monoisotopic (exact) mass is 390 g/mol.